The Bertz CT molecular complexity index is 1880. The average Bonchev–Trinajstić information content (AvgIpc) is 3.35. The largest absolute Gasteiger partial charge is 0.455 e. The fraction of sp³-hybridized carbons (Fsp3) is 0. The molecule has 170 valence electrons. The fourth-order valence-corrected chi connectivity index (χ4v) is 5.49. The lowest BCUT2D eigenvalue weighted by Gasteiger charge is -2.11. The van der Waals surface area contributed by atoms with Crippen molar-refractivity contribution in [1.29, 1.82) is 0 Å². The molecule has 2 heteroatoms. The molecule has 0 atom stereocenters. The first-order chi connectivity index (χ1) is 17.8. The van der Waals surface area contributed by atoms with Crippen LogP contribution < -0.4 is 0 Å². The van der Waals surface area contributed by atoms with Gasteiger partial charge in [0.25, 0.3) is 0 Å². The highest BCUT2D eigenvalue weighted by molar-refractivity contribution is 6.31. The summed E-state index contributed by atoms with van der Waals surface area (Å²) in [7, 11) is 0. The summed E-state index contributed by atoms with van der Waals surface area (Å²) in [5.41, 5.74) is 6.51. The zero-order valence-corrected chi connectivity index (χ0v) is 20.2. The molecule has 0 spiro atoms. The standard InChI is InChI=1S/C34H21ClO/c35-26-15-9-14-24(20-26)25-18-19-28-30(21-25)27-16-7-8-17-29(27)34-32(28)31(22-10-3-1-4-11-22)33(36-34)23-12-5-2-6-13-23/h1-21H. The van der Waals surface area contributed by atoms with E-state index in [9.17, 15) is 0 Å². The number of furan rings is 1. The van der Waals surface area contributed by atoms with E-state index in [0.717, 1.165) is 55.0 Å². The molecule has 1 heterocycles. The van der Waals surface area contributed by atoms with Gasteiger partial charge in [0.2, 0.25) is 0 Å². The highest BCUT2D eigenvalue weighted by Crippen LogP contribution is 2.47. The molecule has 0 aliphatic rings. The van der Waals surface area contributed by atoms with Gasteiger partial charge in [-0.2, -0.15) is 0 Å². The van der Waals surface area contributed by atoms with Gasteiger partial charge < -0.3 is 4.42 Å². The van der Waals surface area contributed by atoms with Crippen LogP contribution in [0.15, 0.2) is 132 Å². The van der Waals surface area contributed by atoms with Crippen LogP contribution in [0, 0.1) is 0 Å². The molecule has 0 bridgehead atoms. The molecule has 7 aromatic rings. The summed E-state index contributed by atoms with van der Waals surface area (Å²) in [5, 5.41) is 6.56. The van der Waals surface area contributed by atoms with Crippen LogP contribution in [0.2, 0.25) is 5.02 Å². The maximum absolute atomic E-state index is 6.77. The topological polar surface area (TPSA) is 13.1 Å². The quantitative estimate of drug-likeness (QED) is 0.229. The third-order valence-electron chi connectivity index (χ3n) is 6.92. The van der Waals surface area contributed by atoms with Crippen LogP contribution >= 0.6 is 11.6 Å². The van der Waals surface area contributed by atoms with Gasteiger partial charge in [-0.05, 0) is 51.0 Å². The first kappa shape index (κ1) is 21.0. The van der Waals surface area contributed by atoms with Gasteiger partial charge in [0.1, 0.15) is 11.3 Å². The average molecular weight is 481 g/mol. The normalized spacial score (nSPS) is 11.5. The van der Waals surface area contributed by atoms with Gasteiger partial charge in [0.05, 0.1) is 0 Å². The Morgan fingerprint density at radius 1 is 0.444 bits per heavy atom. The van der Waals surface area contributed by atoms with Crippen molar-refractivity contribution in [3.05, 3.63) is 132 Å². The van der Waals surface area contributed by atoms with E-state index in [2.05, 4.69) is 103 Å². The second-order valence-electron chi connectivity index (χ2n) is 9.06. The highest BCUT2D eigenvalue weighted by Gasteiger charge is 2.22. The Kier molecular flexibility index (Phi) is 4.90. The molecule has 0 amide bonds. The molecular formula is C34H21ClO. The van der Waals surface area contributed by atoms with Crippen LogP contribution in [-0.2, 0) is 0 Å². The van der Waals surface area contributed by atoms with E-state index in [-0.39, 0.29) is 0 Å². The van der Waals surface area contributed by atoms with Crippen molar-refractivity contribution in [1.82, 2.24) is 0 Å². The lowest BCUT2D eigenvalue weighted by atomic mass is 9.91. The number of benzene rings is 6. The summed E-state index contributed by atoms with van der Waals surface area (Å²) in [5.74, 6) is 0.897. The van der Waals surface area contributed by atoms with E-state index < -0.39 is 0 Å². The SMILES string of the molecule is Clc1cccc(-c2ccc3c(c2)c2ccccc2c2oc(-c4ccccc4)c(-c4ccccc4)c32)c1. The van der Waals surface area contributed by atoms with Gasteiger partial charge in [-0.15, -0.1) is 0 Å². The summed E-state index contributed by atoms with van der Waals surface area (Å²) >= 11 is 6.32. The maximum Gasteiger partial charge on any atom is 0.143 e. The van der Waals surface area contributed by atoms with E-state index >= 15 is 0 Å². The monoisotopic (exact) mass is 480 g/mol. The lowest BCUT2D eigenvalue weighted by molar-refractivity contribution is 0.636. The number of hydrogen-bond donors (Lipinski definition) is 0. The third-order valence-corrected chi connectivity index (χ3v) is 7.15. The second-order valence-corrected chi connectivity index (χ2v) is 9.50. The van der Waals surface area contributed by atoms with E-state index in [4.69, 9.17) is 16.0 Å². The minimum absolute atomic E-state index is 0.738. The molecule has 0 saturated heterocycles. The van der Waals surface area contributed by atoms with Gasteiger partial charge in [0.15, 0.2) is 0 Å². The van der Waals surface area contributed by atoms with Crippen LogP contribution in [0.25, 0.3) is 66.1 Å². The summed E-state index contributed by atoms with van der Waals surface area (Å²) in [6.07, 6.45) is 0. The van der Waals surface area contributed by atoms with Crippen LogP contribution in [0.1, 0.15) is 0 Å². The highest BCUT2D eigenvalue weighted by atomic mass is 35.5. The van der Waals surface area contributed by atoms with Gasteiger partial charge >= 0.3 is 0 Å². The zero-order valence-electron chi connectivity index (χ0n) is 19.4. The van der Waals surface area contributed by atoms with Crippen LogP contribution in [0.3, 0.4) is 0 Å². The molecule has 7 rings (SSSR count). The number of rotatable bonds is 3. The smallest absolute Gasteiger partial charge is 0.143 e. The van der Waals surface area contributed by atoms with Crippen LogP contribution in [0.5, 0.6) is 0 Å². The summed E-state index contributed by atoms with van der Waals surface area (Å²) in [6.45, 7) is 0. The van der Waals surface area contributed by atoms with Crippen molar-refractivity contribution in [2.45, 2.75) is 0 Å². The number of halogens is 1. The molecule has 0 N–H and O–H groups in total. The van der Waals surface area contributed by atoms with Crippen molar-refractivity contribution in [2.24, 2.45) is 0 Å². The number of fused-ring (bicyclic) bond motifs is 6. The third kappa shape index (κ3) is 3.32. The van der Waals surface area contributed by atoms with Crippen molar-refractivity contribution in [3.8, 4) is 33.6 Å². The molecule has 6 aromatic carbocycles. The fourth-order valence-electron chi connectivity index (χ4n) is 5.30. The van der Waals surface area contributed by atoms with Gasteiger partial charge in [-0.1, -0.05) is 121 Å². The van der Waals surface area contributed by atoms with Crippen molar-refractivity contribution >= 4 is 44.1 Å². The van der Waals surface area contributed by atoms with Crippen molar-refractivity contribution < 1.29 is 4.42 Å². The second kappa shape index (κ2) is 8.41. The molecule has 0 radical (unpaired) electrons. The Morgan fingerprint density at radius 3 is 1.83 bits per heavy atom. The molecule has 0 aliphatic heterocycles. The zero-order chi connectivity index (χ0) is 24.1. The predicted octanol–water partition coefficient (Wildman–Crippen LogP) is 10.4. The molecule has 0 saturated carbocycles. The van der Waals surface area contributed by atoms with E-state index in [1.54, 1.807) is 0 Å². The van der Waals surface area contributed by atoms with E-state index in [1.165, 1.54) is 16.2 Å². The van der Waals surface area contributed by atoms with Crippen molar-refractivity contribution in [2.75, 3.05) is 0 Å². The molecule has 1 nitrogen and oxygen atoms in total. The van der Waals surface area contributed by atoms with Gasteiger partial charge in [-0.3, -0.25) is 0 Å². The molecule has 0 aliphatic carbocycles. The lowest BCUT2D eigenvalue weighted by Crippen LogP contribution is -1.85. The van der Waals surface area contributed by atoms with E-state index in [1.807, 2.05) is 24.3 Å². The Balaban J connectivity index is 1.65. The predicted molar refractivity (Wildman–Crippen MR) is 153 cm³/mol. The molecule has 36 heavy (non-hydrogen) atoms. The maximum atomic E-state index is 6.77. The Morgan fingerprint density at radius 2 is 1.08 bits per heavy atom. The number of hydrogen-bond acceptors (Lipinski definition) is 1. The van der Waals surface area contributed by atoms with Crippen LogP contribution in [0.4, 0.5) is 0 Å². The van der Waals surface area contributed by atoms with Crippen molar-refractivity contribution in [3.63, 3.8) is 0 Å². The van der Waals surface area contributed by atoms with Gasteiger partial charge in [0, 0.05) is 26.9 Å². The van der Waals surface area contributed by atoms with Gasteiger partial charge in [-0.25, -0.2) is 0 Å². The minimum atomic E-state index is 0.738. The first-order valence-electron chi connectivity index (χ1n) is 12.1. The Labute approximate surface area is 214 Å². The summed E-state index contributed by atoms with van der Waals surface area (Å²) < 4.78 is 6.77. The van der Waals surface area contributed by atoms with E-state index in [0.29, 0.717) is 0 Å². The summed E-state index contributed by atoms with van der Waals surface area (Å²) in [6, 6.07) is 44.2. The molecule has 0 unspecified atom stereocenters. The Hall–Kier alpha value is -4.33. The summed E-state index contributed by atoms with van der Waals surface area (Å²) in [4.78, 5) is 0. The molecule has 0 fully saturated rings. The molecule has 1 aromatic heterocycles. The minimum Gasteiger partial charge on any atom is -0.455 e. The first-order valence-corrected chi connectivity index (χ1v) is 12.4. The molecular weight excluding hydrogens is 460 g/mol. The van der Waals surface area contributed by atoms with Crippen LogP contribution in [-0.4, -0.2) is 0 Å².